The van der Waals surface area contributed by atoms with Crippen LogP contribution in [0.1, 0.15) is 32.4 Å². The summed E-state index contributed by atoms with van der Waals surface area (Å²) in [5, 5.41) is 4.10. The van der Waals surface area contributed by atoms with E-state index >= 15 is 0 Å². The van der Waals surface area contributed by atoms with Gasteiger partial charge in [-0.15, -0.1) is 12.4 Å². The zero-order chi connectivity index (χ0) is 14.0. The molecule has 2 heterocycles. The Morgan fingerprint density at radius 1 is 1.55 bits per heavy atom. The average Bonchev–Trinajstić information content (AvgIpc) is 2.90. The molecule has 0 bridgehead atoms. The zero-order valence-corrected chi connectivity index (χ0v) is 13.8. The highest BCUT2D eigenvalue weighted by Crippen LogP contribution is 2.26. The maximum atomic E-state index is 12.4. The maximum Gasteiger partial charge on any atom is 0.240 e. The van der Waals surface area contributed by atoms with Crippen molar-refractivity contribution in [3.63, 3.8) is 0 Å². The third kappa shape index (κ3) is 3.95. The quantitative estimate of drug-likeness (QED) is 0.911. The van der Waals surface area contributed by atoms with Crippen LogP contribution >= 0.6 is 23.7 Å². The molecule has 4 nitrogen and oxygen atoms in total. The summed E-state index contributed by atoms with van der Waals surface area (Å²) in [5.74, 6) is 0.0241. The third-order valence-corrected chi connectivity index (χ3v) is 4.19. The summed E-state index contributed by atoms with van der Waals surface area (Å²) >= 11 is 1.65. The SMILES string of the molecule is CC(C)(C)[C@H](N)C(=O)N1CCOC(c2ccsc2)C1.Cl. The van der Waals surface area contributed by atoms with Gasteiger partial charge >= 0.3 is 0 Å². The molecule has 0 saturated carbocycles. The van der Waals surface area contributed by atoms with Crippen LogP contribution in [-0.2, 0) is 9.53 Å². The number of amides is 1. The van der Waals surface area contributed by atoms with Gasteiger partial charge in [0.1, 0.15) is 6.10 Å². The summed E-state index contributed by atoms with van der Waals surface area (Å²) in [7, 11) is 0. The monoisotopic (exact) mass is 318 g/mol. The minimum Gasteiger partial charge on any atom is -0.370 e. The van der Waals surface area contributed by atoms with Gasteiger partial charge in [0.05, 0.1) is 19.2 Å². The van der Waals surface area contributed by atoms with E-state index in [0.29, 0.717) is 19.7 Å². The number of ether oxygens (including phenoxy) is 1. The van der Waals surface area contributed by atoms with Crippen molar-refractivity contribution in [3.05, 3.63) is 22.4 Å². The molecule has 1 aromatic heterocycles. The van der Waals surface area contributed by atoms with Crippen molar-refractivity contribution in [3.8, 4) is 0 Å². The molecule has 0 aromatic carbocycles. The molecule has 0 aliphatic carbocycles. The highest BCUT2D eigenvalue weighted by Gasteiger charge is 2.34. The molecule has 1 aliphatic heterocycles. The van der Waals surface area contributed by atoms with Crippen LogP contribution in [0.3, 0.4) is 0 Å². The standard InChI is InChI=1S/C14H22N2O2S.ClH/c1-14(2,3)12(15)13(17)16-5-6-18-11(8-16)10-4-7-19-9-10;/h4,7,9,11-12H,5-6,8,15H2,1-3H3;1H/t11?,12-;/m1./s1. The fourth-order valence-electron chi connectivity index (χ4n) is 2.08. The molecule has 6 heteroatoms. The van der Waals surface area contributed by atoms with Crippen LogP contribution in [0.4, 0.5) is 0 Å². The Bertz CT molecular complexity index is 431. The van der Waals surface area contributed by atoms with Gasteiger partial charge in [-0.1, -0.05) is 20.8 Å². The molecule has 1 amide bonds. The number of carbonyl (C=O) groups excluding carboxylic acids is 1. The van der Waals surface area contributed by atoms with Crippen LogP contribution in [0, 0.1) is 5.41 Å². The number of rotatable bonds is 2. The normalized spacial score (nSPS) is 21.2. The van der Waals surface area contributed by atoms with Gasteiger partial charge in [-0.2, -0.15) is 11.3 Å². The molecule has 20 heavy (non-hydrogen) atoms. The lowest BCUT2D eigenvalue weighted by molar-refractivity contribution is -0.142. The summed E-state index contributed by atoms with van der Waals surface area (Å²) in [6, 6.07) is 1.58. The first-order valence-corrected chi connectivity index (χ1v) is 7.52. The van der Waals surface area contributed by atoms with E-state index in [0.717, 1.165) is 5.56 Å². The molecule has 2 N–H and O–H groups in total. The molecular weight excluding hydrogens is 296 g/mol. The van der Waals surface area contributed by atoms with Gasteiger partial charge in [-0.25, -0.2) is 0 Å². The fraction of sp³-hybridized carbons (Fsp3) is 0.643. The van der Waals surface area contributed by atoms with Gasteiger partial charge < -0.3 is 15.4 Å². The van der Waals surface area contributed by atoms with Crippen LogP contribution in [0.2, 0.25) is 0 Å². The molecule has 2 atom stereocenters. The Morgan fingerprint density at radius 3 is 2.80 bits per heavy atom. The number of nitrogens with zero attached hydrogens (tertiary/aromatic N) is 1. The van der Waals surface area contributed by atoms with E-state index in [4.69, 9.17) is 10.5 Å². The van der Waals surface area contributed by atoms with Crippen LogP contribution in [0.5, 0.6) is 0 Å². The molecule has 0 spiro atoms. The molecular formula is C14H23ClN2O2S. The second kappa shape index (κ2) is 6.89. The van der Waals surface area contributed by atoms with Gasteiger partial charge in [0.15, 0.2) is 0 Å². The second-order valence-electron chi connectivity index (χ2n) is 6.04. The van der Waals surface area contributed by atoms with Crippen molar-refractivity contribution in [1.29, 1.82) is 0 Å². The molecule has 1 aromatic rings. The number of hydrogen-bond donors (Lipinski definition) is 1. The first kappa shape index (κ1) is 17.4. The van der Waals surface area contributed by atoms with Crippen molar-refractivity contribution in [2.45, 2.75) is 32.9 Å². The molecule has 1 fully saturated rings. The number of halogens is 1. The summed E-state index contributed by atoms with van der Waals surface area (Å²) in [6.45, 7) is 7.77. The number of nitrogens with two attached hydrogens (primary N) is 1. The van der Waals surface area contributed by atoms with Crippen molar-refractivity contribution in [1.82, 2.24) is 4.90 Å². The highest BCUT2D eigenvalue weighted by atomic mass is 35.5. The summed E-state index contributed by atoms with van der Waals surface area (Å²) in [4.78, 5) is 14.2. The van der Waals surface area contributed by atoms with Gasteiger partial charge in [-0.3, -0.25) is 4.79 Å². The van der Waals surface area contributed by atoms with Crippen LogP contribution in [0.15, 0.2) is 16.8 Å². The molecule has 1 unspecified atom stereocenters. The van der Waals surface area contributed by atoms with E-state index in [-0.39, 0.29) is 29.8 Å². The maximum absolute atomic E-state index is 12.4. The topological polar surface area (TPSA) is 55.6 Å². The molecule has 114 valence electrons. The van der Waals surface area contributed by atoms with E-state index in [1.807, 2.05) is 37.1 Å². The first-order valence-electron chi connectivity index (χ1n) is 6.57. The largest absolute Gasteiger partial charge is 0.370 e. The van der Waals surface area contributed by atoms with Gasteiger partial charge in [0.2, 0.25) is 5.91 Å². The van der Waals surface area contributed by atoms with Crippen LogP contribution in [0.25, 0.3) is 0 Å². The second-order valence-corrected chi connectivity index (χ2v) is 6.82. The molecule has 1 aliphatic rings. The Kier molecular flexibility index (Phi) is 6.01. The van der Waals surface area contributed by atoms with Crippen LogP contribution in [-0.4, -0.2) is 36.5 Å². The molecule has 2 rings (SSSR count). The van der Waals surface area contributed by atoms with Crippen molar-refractivity contribution >= 4 is 29.7 Å². The lowest BCUT2D eigenvalue weighted by atomic mass is 9.86. The number of hydrogen-bond acceptors (Lipinski definition) is 4. The number of thiophene rings is 1. The van der Waals surface area contributed by atoms with E-state index in [2.05, 4.69) is 5.38 Å². The fourth-order valence-corrected chi connectivity index (χ4v) is 2.78. The van der Waals surface area contributed by atoms with Crippen molar-refractivity contribution < 1.29 is 9.53 Å². The van der Waals surface area contributed by atoms with Crippen LogP contribution < -0.4 is 5.73 Å². The Balaban J connectivity index is 0.00000200. The van der Waals surface area contributed by atoms with E-state index in [1.165, 1.54) is 0 Å². The summed E-state index contributed by atoms with van der Waals surface area (Å²) in [5.41, 5.74) is 6.99. The number of carbonyl (C=O) groups is 1. The van der Waals surface area contributed by atoms with E-state index in [9.17, 15) is 4.79 Å². The average molecular weight is 319 g/mol. The third-order valence-electron chi connectivity index (χ3n) is 3.49. The first-order chi connectivity index (χ1) is 8.89. The smallest absolute Gasteiger partial charge is 0.240 e. The minimum atomic E-state index is -0.464. The van der Waals surface area contributed by atoms with Crippen molar-refractivity contribution in [2.24, 2.45) is 11.1 Å². The van der Waals surface area contributed by atoms with Gasteiger partial charge in [0, 0.05) is 6.54 Å². The zero-order valence-electron chi connectivity index (χ0n) is 12.2. The predicted molar refractivity (Wildman–Crippen MR) is 84.3 cm³/mol. The van der Waals surface area contributed by atoms with Gasteiger partial charge in [-0.05, 0) is 27.8 Å². The van der Waals surface area contributed by atoms with Crippen molar-refractivity contribution in [2.75, 3.05) is 19.7 Å². The van der Waals surface area contributed by atoms with E-state index < -0.39 is 6.04 Å². The Labute approximate surface area is 130 Å². The lowest BCUT2D eigenvalue weighted by Gasteiger charge is -2.37. The van der Waals surface area contributed by atoms with E-state index in [1.54, 1.807) is 11.3 Å². The predicted octanol–water partition coefficient (Wildman–Crippen LogP) is 2.44. The Hall–Kier alpha value is -0.620. The molecule has 1 saturated heterocycles. The minimum absolute atomic E-state index is 0. The Morgan fingerprint density at radius 2 is 2.25 bits per heavy atom. The summed E-state index contributed by atoms with van der Waals surface area (Å²) < 4.78 is 5.74. The number of morpholine rings is 1. The highest BCUT2D eigenvalue weighted by molar-refractivity contribution is 7.07. The van der Waals surface area contributed by atoms with Gasteiger partial charge in [0.25, 0.3) is 0 Å². The lowest BCUT2D eigenvalue weighted by Crippen LogP contribution is -2.53. The molecule has 0 radical (unpaired) electrons. The summed E-state index contributed by atoms with van der Waals surface area (Å²) in [6.07, 6.45) is -0.0175.